The van der Waals surface area contributed by atoms with E-state index in [4.69, 9.17) is 10.8 Å². The average Bonchev–Trinajstić information content (AvgIpc) is 3.14. The van der Waals surface area contributed by atoms with Gasteiger partial charge in [0.25, 0.3) is 5.56 Å². The van der Waals surface area contributed by atoms with Crippen LogP contribution in [0.5, 0.6) is 0 Å². The summed E-state index contributed by atoms with van der Waals surface area (Å²) in [6.07, 6.45) is 2.45. The quantitative estimate of drug-likeness (QED) is 0.460. The molecule has 0 radical (unpaired) electrons. The van der Waals surface area contributed by atoms with E-state index in [2.05, 4.69) is 18.0 Å². The smallest absolute Gasteiger partial charge is 0.263 e. The van der Waals surface area contributed by atoms with Gasteiger partial charge in [0.1, 0.15) is 5.82 Å². The van der Waals surface area contributed by atoms with Crippen LogP contribution in [0.4, 0.5) is 5.82 Å². The number of nitrogen functional groups attached to an aromatic ring is 1. The highest BCUT2D eigenvalue weighted by molar-refractivity contribution is 5.91. The third kappa shape index (κ3) is 3.07. The molecule has 160 valence electrons. The predicted octanol–water partition coefficient (Wildman–Crippen LogP) is 4.55. The molecule has 0 spiro atoms. The van der Waals surface area contributed by atoms with Gasteiger partial charge in [-0.2, -0.15) is 5.10 Å². The Labute approximate surface area is 185 Å². The van der Waals surface area contributed by atoms with E-state index in [1.54, 1.807) is 6.20 Å². The summed E-state index contributed by atoms with van der Waals surface area (Å²) >= 11 is 0. The van der Waals surface area contributed by atoms with Gasteiger partial charge in [-0.1, -0.05) is 43.3 Å². The maximum absolute atomic E-state index is 13.8. The average molecular weight is 424 g/mol. The van der Waals surface area contributed by atoms with Gasteiger partial charge in [0.15, 0.2) is 0 Å². The molecule has 2 aromatic carbocycles. The van der Waals surface area contributed by atoms with Crippen molar-refractivity contribution < 1.29 is 0 Å². The number of rotatable bonds is 4. The monoisotopic (exact) mass is 423 g/mol. The Morgan fingerprint density at radius 2 is 1.75 bits per heavy atom. The van der Waals surface area contributed by atoms with Gasteiger partial charge < -0.3 is 5.73 Å². The first-order valence-electron chi connectivity index (χ1n) is 10.8. The lowest BCUT2D eigenvalue weighted by Crippen LogP contribution is -2.25. The lowest BCUT2D eigenvalue weighted by Gasteiger charge is -2.18. The van der Waals surface area contributed by atoms with Crippen LogP contribution in [0.1, 0.15) is 29.4 Å². The fraction of sp³-hybridized carbons (Fsp3) is 0.192. The van der Waals surface area contributed by atoms with Crippen LogP contribution in [-0.4, -0.2) is 19.3 Å². The second kappa shape index (κ2) is 7.64. The van der Waals surface area contributed by atoms with E-state index in [-0.39, 0.29) is 5.56 Å². The summed E-state index contributed by atoms with van der Waals surface area (Å²) in [4.78, 5) is 18.0. The van der Waals surface area contributed by atoms with Gasteiger partial charge >= 0.3 is 0 Å². The molecule has 5 rings (SSSR count). The molecule has 0 aliphatic heterocycles. The number of nitrogens with zero attached hydrogens (tertiary/aromatic N) is 4. The van der Waals surface area contributed by atoms with Gasteiger partial charge in [-0.25, -0.2) is 4.98 Å². The summed E-state index contributed by atoms with van der Waals surface area (Å²) in [7, 11) is 0. The molecule has 6 heteroatoms. The van der Waals surface area contributed by atoms with E-state index in [0.717, 1.165) is 56.3 Å². The Balaban J connectivity index is 1.81. The topological polar surface area (TPSA) is 78.7 Å². The SMILES string of the molecule is CCc1nn(Cc2cc3cccc(C)c3c(=O)n2-c2ccccc2C)c2ccnc(N)c12. The fourth-order valence-electron chi connectivity index (χ4n) is 4.53. The van der Waals surface area contributed by atoms with Crippen molar-refractivity contribution in [2.45, 2.75) is 33.7 Å². The molecule has 0 bridgehead atoms. The van der Waals surface area contributed by atoms with Crippen LogP contribution < -0.4 is 11.3 Å². The zero-order valence-corrected chi connectivity index (χ0v) is 18.5. The molecule has 6 nitrogen and oxygen atoms in total. The maximum Gasteiger partial charge on any atom is 0.263 e. The molecule has 0 aliphatic rings. The van der Waals surface area contributed by atoms with Crippen molar-refractivity contribution >= 4 is 27.5 Å². The van der Waals surface area contributed by atoms with Gasteiger partial charge in [0.2, 0.25) is 0 Å². The summed E-state index contributed by atoms with van der Waals surface area (Å²) in [5.41, 5.74) is 11.7. The summed E-state index contributed by atoms with van der Waals surface area (Å²) in [5, 5.41) is 7.39. The third-order valence-electron chi connectivity index (χ3n) is 6.10. The van der Waals surface area contributed by atoms with Crippen LogP contribution in [0.3, 0.4) is 0 Å². The number of anilines is 1. The molecular weight excluding hydrogens is 398 g/mol. The van der Waals surface area contributed by atoms with Gasteiger partial charge in [-0.05, 0) is 55.0 Å². The molecule has 0 atom stereocenters. The highest BCUT2D eigenvalue weighted by Gasteiger charge is 2.18. The van der Waals surface area contributed by atoms with Gasteiger partial charge in [0.05, 0.1) is 34.2 Å². The number of hydrogen-bond donors (Lipinski definition) is 1. The molecule has 3 aromatic heterocycles. The zero-order valence-electron chi connectivity index (χ0n) is 18.5. The van der Waals surface area contributed by atoms with Crippen LogP contribution >= 0.6 is 0 Å². The molecule has 0 amide bonds. The Bertz CT molecular complexity index is 1540. The summed E-state index contributed by atoms with van der Waals surface area (Å²) in [6, 6.07) is 18.0. The van der Waals surface area contributed by atoms with E-state index < -0.39 is 0 Å². The number of aryl methyl sites for hydroxylation is 3. The summed E-state index contributed by atoms with van der Waals surface area (Å²) < 4.78 is 3.76. The zero-order chi connectivity index (χ0) is 22.4. The highest BCUT2D eigenvalue weighted by atomic mass is 16.1. The van der Waals surface area contributed by atoms with Crippen LogP contribution in [0.2, 0.25) is 0 Å². The van der Waals surface area contributed by atoms with Crippen molar-refractivity contribution in [2.24, 2.45) is 0 Å². The fourth-order valence-corrected chi connectivity index (χ4v) is 4.53. The molecule has 5 aromatic rings. The van der Waals surface area contributed by atoms with Gasteiger partial charge in [-0.3, -0.25) is 14.0 Å². The maximum atomic E-state index is 13.8. The van der Waals surface area contributed by atoms with E-state index in [1.165, 1.54) is 0 Å². The second-order valence-electron chi connectivity index (χ2n) is 8.15. The molecule has 2 N–H and O–H groups in total. The predicted molar refractivity (Wildman–Crippen MR) is 129 cm³/mol. The normalized spacial score (nSPS) is 11.5. The molecular formula is C26H25N5O. The minimum Gasteiger partial charge on any atom is -0.383 e. The number of hydrogen-bond acceptors (Lipinski definition) is 4. The Morgan fingerprint density at radius 3 is 2.53 bits per heavy atom. The first-order valence-corrected chi connectivity index (χ1v) is 10.8. The van der Waals surface area contributed by atoms with Crippen LogP contribution in [0.15, 0.2) is 65.6 Å². The lowest BCUT2D eigenvalue weighted by molar-refractivity contribution is 0.664. The van der Waals surface area contributed by atoms with E-state index in [0.29, 0.717) is 12.4 Å². The van der Waals surface area contributed by atoms with Gasteiger partial charge in [-0.15, -0.1) is 0 Å². The van der Waals surface area contributed by atoms with Crippen molar-refractivity contribution in [3.63, 3.8) is 0 Å². The van der Waals surface area contributed by atoms with E-state index in [9.17, 15) is 4.79 Å². The first-order chi connectivity index (χ1) is 15.5. The number of para-hydroxylation sites is 1. The lowest BCUT2D eigenvalue weighted by atomic mass is 10.1. The van der Waals surface area contributed by atoms with Gasteiger partial charge in [0, 0.05) is 11.9 Å². The van der Waals surface area contributed by atoms with Crippen molar-refractivity contribution in [1.82, 2.24) is 19.3 Å². The minimum atomic E-state index is -0.0155. The van der Waals surface area contributed by atoms with Crippen LogP contribution in [0, 0.1) is 13.8 Å². The summed E-state index contributed by atoms with van der Waals surface area (Å²) in [6.45, 7) is 6.50. The standard InChI is InChI=1S/C26H25N5O/c1-4-20-24-22(12-13-28-25(24)27)30(29-20)15-19-14-18-10-7-9-17(3)23(18)26(32)31(19)21-11-6-5-8-16(21)2/h5-14H,4,15H2,1-3H3,(H2,27,28). The Hall–Kier alpha value is -3.93. The number of benzene rings is 2. The number of aromatic nitrogens is 4. The van der Waals surface area contributed by atoms with Crippen molar-refractivity contribution in [1.29, 1.82) is 0 Å². The molecule has 32 heavy (non-hydrogen) atoms. The van der Waals surface area contributed by atoms with Crippen molar-refractivity contribution in [2.75, 3.05) is 5.73 Å². The molecule has 0 saturated heterocycles. The molecule has 0 saturated carbocycles. The van der Waals surface area contributed by atoms with Crippen molar-refractivity contribution in [3.05, 3.63) is 93.7 Å². The minimum absolute atomic E-state index is 0.0155. The Morgan fingerprint density at radius 1 is 0.969 bits per heavy atom. The molecule has 0 unspecified atom stereocenters. The molecule has 0 fully saturated rings. The van der Waals surface area contributed by atoms with E-state index >= 15 is 0 Å². The first kappa shape index (κ1) is 20.0. The molecule has 0 aliphatic carbocycles. The van der Waals surface area contributed by atoms with Crippen LogP contribution in [0.25, 0.3) is 27.4 Å². The van der Waals surface area contributed by atoms with Crippen LogP contribution in [-0.2, 0) is 13.0 Å². The number of pyridine rings is 2. The second-order valence-corrected chi connectivity index (χ2v) is 8.15. The Kier molecular flexibility index (Phi) is 4.78. The highest BCUT2D eigenvalue weighted by Crippen LogP contribution is 2.26. The summed E-state index contributed by atoms with van der Waals surface area (Å²) in [5.74, 6) is 0.482. The third-order valence-corrected chi connectivity index (χ3v) is 6.10. The van der Waals surface area contributed by atoms with E-state index in [1.807, 2.05) is 71.6 Å². The number of nitrogens with two attached hydrogens (primary N) is 1. The molecule has 3 heterocycles. The largest absolute Gasteiger partial charge is 0.383 e. The number of fused-ring (bicyclic) bond motifs is 2. The van der Waals surface area contributed by atoms with Crippen molar-refractivity contribution in [3.8, 4) is 5.69 Å².